The molecule has 0 fully saturated rings. The summed E-state index contributed by atoms with van der Waals surface area (Å²) in [6.07, 6.45) is 0.124. The SMILES string of the molecule is CC(C)[O-].CC(C)[O-].CCCN(Cc1cc(C(C)(C)C)cc(C(C)(C)C)c1[O-])Cc1cc(C(C)(C)C)cc(C(C)(C)C)c1[O-].[Ti+4]. The molecule has 0 saturated heterocycles. The van der Waals surface area contributed by atoms with Crippen molar-refractivity contribution < 1.29 is 42.1 Å². The maximum Gasteiger partial charge on any atom is 4.00 e. The normalized spacial score (nSPS) is 12.4. The summed E-state index contributed by atoms with van der Waals surface area (Å²) in [5.74, 6) is 0.274. The fourth-order valence-electron chi connectivity index (χ4n) is 4.61. The molecule has 5 nitrogen and oxygen atoms in total. The Balaban J connectivity index is 0. The Kier molecular flexibility index (Phi) is 18.6. The third kappa shape index (κ3) is 16.3. The first-order chi connectivity index (χ1) is 19.6. The van der Waals surface area contributed by atoms with E-state index in [1.807, 2.05) is 0 Å². The fraction of sp³-hybridized carbons (Fsp3) is 0.692. The summed E-state index contributed by atoms with van der Waals surface area (Å²) < 4.78 is 0. The molecule has 2 aromatic rings. The van der Waals surface area contributed by atoms with Crippen LogP contribution in [0.15, 0.2) is 24.3 Å². The molecule has 0 aromatic heterocycles. The van der Waals surface area contributed by atoms with E-state index in [0.29, 0.717) is 13.1 Å². The second kappa shape index (κ2) is 18.3. The number of nitrogens with zero attached hydrogens (tertiary/aromatic N) is 1. The minimum atomic E-state index is -0.417. The average Bonchev–Trinajstić information content (AvgIpc) is 2.78. The van der Waals surface area contributed by atoms with Crippen LogP contribution in [0.2, 0.25) is 0 Å². The molecule has 0 unspecified atom stereocenters. The van der Waals surface area contributed by atoms with Gasteiger partial charge in [0.15, 0.2) is 0 Å². The van der Waals surface area contributed by atoms with Crippen molar-refractivity contribution in [2.24, 2.45) is 0 Å². The molecule has 2 rings (SSSR count). The van der Waals surface area contributed by atoms with Crippen LogP contribution in [0.3, 0.4) is 0 Å². The van der Waals surface area contributed by atoms with Crippen LogP contribution in [0.1, 0.15) is 158 Å². The molecule has 0 aliphatic carbocycles. The van der Waals surface area contributed by atoms with Gasteiger partial charge in [-0.1, -0.05) is 142 Å². The van der Waals surface area contributed by atoms with Crippen LogP contribution in [-0.4, -0.2) is 23.7 Å². The van der Waals surface area contributed by atoms with E-state index in [9.17, 15) is 20.4 Å². The quantitative estimate of drug-likeness (QED) is 0.313. The van der Waals surface area contributed by atoms with Crippen LogP contribution >= 0.6 is 0 Å². The van der Waals surface area contributed by atoms with Gasteiger partial charge in [0.25, 0.3) is 0 Å². The van der Waals surface area contributed by atoms with E-state index in [-0.39, 0.29) is 54.9 Å². The Labute approximate surface area is 292 Å². The van der Waals surface area contributed by atoms with Crippen molar-refractivity contribution >= 4 is 0 Å². The van der Waals surface area contributed by atoms with Gasteiger partial charge in [0, 0.05) is 13.1 Å². The van der Waals surface area contributed by atoms with Crippen molar-refractivity contribution in [3.8, 4) is 11.5 Å². The van der Waals surface area contributed by atoms with Crippen molar-refractivity contribution in [1.29, 1.82) is 0 Å². The Hall–Kier alpha value is -1.37. The van der Waals surface area contributed by atoms with E-state index in [0.717, 1.165) is 35.2 Å². The second-order valence-electron chi connectivity index (χ2n) is 16.8. The first-order valence-electron chi connectivity index (χ1n) is 16.4. The first-order valence-corrected chi connectivity index (χ1v) is 16.4. The molecule has 0 radical (unpaired) electrons. The molecule has 0 aliphatic heterocycles. The topological polar surface area (TPSA) is 95.5 Å². The number of hydrogen-bond acceptors (Lipinski definition) is 5. The molecular weight excluding hydrogens is 594 g/mol. The molecule has 6 heteroatoms. The monoisotopic (exact) mass is 659 g/mol. The van der Waals surface area contributed by atoms with E-state index in [4.69, 9.17) is 0 Å². The molecule has 0 aliphatic rings. The Morgan fingerprint density at radius 1 is 0.556 bits per heavy atom. The molecular formula is C39H65NO4Ti. The van der Waals surface area contributed by atoms with Gasteiger partial charge in [-0.2, -0.15) is 0 Å². The summed E-state index contributed by atoms with van der Waals surface area (Å²) >= 11 is 0. The molecule has 0 bridgehead atoms. The molecule has 0 heterocycles. The van der Waals surface area contributed by atoms with Gasteiger partial charge in [-0.25, -0.2) is 0 Å². The molecule has 0 saturated carbocycles. The summed E-state index contributed by atoms with van der Waals surface area (Å²) in [5.41, 5.74) is 5.21. The van der Waals surface area contributed by atoms with E-state index in [1.165, 1.54) is 11.1 Å². The van der Waals surface area contributed by atoms with Crippen LogP contribution in [0.4, 0.5) is 0 Å². The number of hydrogen-bond donors (Lipinski definition) is 0. The summed E-state index contributed by atoms with van der Waals surface area (Å²) in [6, 6.07) is 8.41. The van der Waals surface area contributed by atoms with Gasteiger partial charge < -0.3 is 20.4 Å². The van der Waals surface area contributed by atoms with Gasteiger partial charge in [-0.05, 0) is 68.0 Å². The smallest absolute Gasteiger partial charge is 0.872 e. The summed E-state index contributed by atoms with van der Waals surface area (Å²) in [6.45, 7) is 36.4. The predicted octanol–water partition coefficient (Wildman–Crippen LogP) is 6.94. The number of benzene rings is 2. The first kappa shape index (κ1) is 45.8. The van der Waals surface area contributed by atoms with E-state index >= 15 is 0 Å². The molecule has 45 heavy (non-hydrogen) atoms. The fourth-order valence-corrected chi connectivity index (χ4v) is 4.61. The second-order valence-corrected chi connectivity index (χ2v) is 16.8. The molecule has 0 amide bonds. The molecule has 254 valence electrons. The van der Waals surface area contributed by atoms with Crippen LogP contribution in [0, 0.1) is 0 Å². The standard InChI is InChI=1S/C33H53NO2.2C3H7O.Ti/c1-14-15-34(20-22-16-24(30(2,3)4)18-26(28(22)35)32(8,9)10)21-23-17-25(31(5,6)7)19-27(29(23)36)33(11,12)13;2*1-3(2)4;/h16-19,35-36H,14-15,20-21H2,1-13H3;2*3H,1-2H3;/q;2*-1;+4/p-2. The van der Waals surface area contributed by atoms with Gasteiger partial charge in [-0.15, -0.1) is 23.7 Å². The summed E-state index contributed by atoms with van der Waals surface area (Å²) in [4.78, 5) is 2.28. The van der Waals surface area contributed by atoms with Gasteiger partial charge in [0.1, 0.15) is 0 Å². The van der Waals surface area contributed by atoms with Gasteiger partial charge in [-0.3, -0.25) is 4.90 Å². The van der Waals surface area contributed by atoms with Crippen LogP contribution in [0.25, 0.3) is 0 Å². The zero-order valence-corrected chi connectivity index (χ0v) is 33.4. The minimum absolute atomic E-state index is 0. The summed E-state index contributed by atoms with van der Waals surface area (Å²) in [5, 5.41) is 46.3. The van der Waals surface area contributed by atoms with Gasteiger partial charge in [0.2, 0.25) is 0 Å². The predicted molar refractivity (Wildman–Crippen MR) is 181 cm³/mol. The minimum Gasteiger partial charge on any atom is -0.872 e. The van der Waals surface area contributed by atoms with Crippen molar-refractivity contribution in [2.45, 2.75) is 171 Å². The maximum atomic E-state index is 13.6. The maximum absolute atomic E-state index is 13.6. The van der Waals surface area contributed by atoms with E-state index in [2.05, 4.69) is 119 Å². The Morgan fingerprint density at radius 3 is 1.02 bits per heavy atom. The van der Waals surface area contributed by atoms with Crippen LogP contribution in [-0.2, 0) is 56.5 Å². The molecule has 0 atom stereocenters. The molecule has 2 aromatic carbocycles. The van der Waals surface area contributed by atoms with Crippen molar-refractivity contribution in [2.75, 3.05) is 6.54 Å². The molecule has 0 N–H and O–H groups in total. The third-order valence-electron chi connectivity index (χ3n) is 7.01. The van der Waals surface area contributed by atoms with Gasteiger partial charge in [0.05, 0.1) is 0 Å². The Bertz CT molecular complexity index is 1060. The van der Waals surface area contributed by atoms with E-state index in [1.54, 1.807) is 27.7 Å². The van der Waals surface area contributed by atoms with Gasteiger partial charge >= 0.3 is 21.7 Å². The van der Waals surface area contributed by atoms with Crippen molar-refractivity contribution in [1.82, 2.24) is 4.90 Å². The zero-order valence-electron chi connectivity index (χ0n) is 31.9. The van der Waals surface area contributed by atoms with Crippen molar-refractivity contribution in [3.05, 3.63) is 57.6 Å². The van der Waals surface area contributed by atoms with Crippen LogP contribution < -0.4 is 20.4 Å². The third-order valence-corrected chi connectivity index (χ3v) is 7.01. The van der Waals surface area contributed by atoms with E-state index < -0.39 is 12.2 Å². The summed E-state index contributed by atoms with van der Waals surface area (Å²) in [7, 11) is 0. The van der Waals surface area contributed by atoms with Crippen LogP contribution in [0.5, 0.6) is 11.5 Å². The largest absolute Gasteiger partial charge is 4.00 e. The zero-order chi connectivity index (χ0) is 35.0. The average molecular weight is 660 g/mol. The number of rotatable bonds is 6. The Morgan fingerprint density at radius 2 is 0.822 bits per heavy atom. The molecule has 0 spiro atoms. The van der Waals surface area contributed by atoms with Crippen molar-refractivity contribution in [3.63, 3.8) is 0 Å².